The zero-order valence-electron chi connectivity index (χ0n) is 15.0. The Bertz CT molecular complexity index is 1230. The number of thiazole rings is 2. The average molecular weight is 444 g/mol. The van der Waals surface area contributed by atoms with Crippen molar-refractivity contribution in [2.24, 2.45) is 5.73 Å². The lowest BCUT2D eigenvalue weighted by Crippen LogP contribution is -2.11. The quantitative estimate of drug-likeness (QED) is 0.419. The van der Waals surface area contributed by atoms with Gasteiger partial charge in [-0.3, -0.25) is 14.9 Å². The van der Waals surface area contributed by atoms with Crippen LogP contribution in [0.5, 0.6) is 0 Å². The van der Waals surface area contributed by atoms with Crippen molar-refractivity contribution in [1.82, 2.24) is 15.0 Å². The number of halogens is 1. The van der Waals surface area contributed by atoms with Crippen LogP contribution >= 0.6 is 34.3 Å². The summed E-state index contributed by atoms with van der Waals surface area (Å²) in [6.45, 7) is 1.79. The van der Waals surface area contributed by atoms with E-state index in [9.17, 15) is 9.59 Å². The number of benzene rings is 1. The van der Waals surface area contributed by atoms with E-state index in [2.05, 4.69) is 20.3 Å². The lowest BCUT2D eigenvalue weighted by Gasteiger charge is -1.99. The van der Waals surface area contributed by atoms with Crippen LogP contribution in [-0.2, 0) is 0 Å². The molecule has 0 saturated carbocycles. The third-order valence-corrected chi connectivity index (χ3v) is 6.24. The van der Waals surface area contributed by atoms with E-state index in [0.29, 0.717) is 37.7 Å². The molecule has 29 heavy (non-hydrogen) atoms. The number of anilines is 1. The predicted molar refractivity (Wildman–Crippen MR) is 116 cm³/mol. The van der Waals surface area contributed by atoms with Crippen LogP contribution in [0.1, 0.15) is 25.9 Å². The highest BCUT2D eigenvalue weighted by molar-refractivity contribution is 7.17. The monoisotopic (exact) mass is 443 g/mol. The van der Waals surface area contributed by atoms with Gasteiger partial charge in [-0.25, -0.2) is 9.97 Å². The molecule has 0 unspecified atom stereocenters. The second-order valence-electron chi connectivity index (χ2n) is 6.10. The van der Waals surface area contributed by atoms with Crippen molar-refractivity contribution in [3.8, 4) is 21.8 Å². The maximum absolute atomic E-state index is 12.7. The van der Waals surface area contributed by atoms with Crippen molar-refractivity contribution in [2.75, 3.05) is 5.32 Å². The van der Waals surface area contributed by atoms with Gasteiger partial charge in [0, 0.05) is 27.7 Å². The van der Waals surface area contributed by atoms with Crippen LogP contribution in [0.4, 0.5) is 5.13 Å². The molecule has 3 heterocycles. The zero-order valence-corrected chi connectivity index (χ0v) is 17.4. The van der Waals surface area contributed by atoms with Gasteiger partial charge in [-0.1, -0.05) is 23.7 Å². The molecule has 4 rings (SSSR count). The second-order valence-corrected chi connectivity index (χ2v) is 8.40. The fraction of sp³-hybridized carbons (Fsp3) is 0.0526. The van der Waals surface area contributed by atoms with Crippen molar-refractivity contribution in [3.05, 3.63) is 63.2 Å². The number of primary amides is 1. The van der Waals surface area contributed by atoms with Gasteiger partial charge in [0.25, 0.3) is 11.8 Å². The first-order valence-corrected chi connectivity index (χ1v) is 10.5. The van der Waals surface area contributed by atoms with E-state index in [1.807, 2.05) is 18.2 Å². The van der Waals surface area contributed by atoms with Crippen molar-refractivity contribution >= 4 is 51.2 Å². The van der Waals surface area contributed by atoms with Crippen LogP contribution in [0.15, 0.2) is 41.9 Å². The lowest BCUT2D eigenvalue weighted by atomic mass is 10.2. The largest absolute Gasteiger partial charge is 0.364 e. The first-order chi connectivity index (χ1) is 13.9. The highest BCUT2D eigenvalue weighted by Gasteiger charge is 2.18. The molecule has 0 aliphatic carbocycles. The van der Waals surface area contributed by atoms with Gasteiger partial charge in [0.1, 0.15) is 15.6 Å². The molecule has 0 spiro atoms. The lowest BCUT2D eigenvalue weighted by molar-refractivity contribution is 0.0994. The number of nitrogens with two attached hydrogens (primary N) is 1. The Hall–Kier alpha value is -3.01. The summed E-state index contributed by atoms with van der Waals surface area (Å²) < 4.78 is 0. The molecule has 0 aliphatic heterocycles. The topological polar surface area (TPSA) is 114 Å². The standard InChI is InChI=1S/C19H14ClN5O2S2/c1-9-15(29-18(23-9)10-3-2-4-12(20)5-10)17(27)25-19-24-14(8-28-19)11-6-13(16(21)26)22-7-11/h2-8,22H,1H3,(H2,21,26)(H,24,25,27). The van der Waals surface area contributed by atoms with Gasteiger partial charge in [-0.15, -0.1) is 22.7 Å². The number of hydrogen-bond acceptors (Lipinski definition) is 6. The van der Waals surface area contributed by atoms with Gasteiger partial charge in [-0.2, -0.15) is 0 Å². The molecule has 0 radical (unpaired) electrons. The van der Waals surface area contributed by atoms with Crippen molar-refractivity contribution < 1.29 is 9.59 Å². The smallest absolute Gasteiger partial charge is 0.269 e. The number of hydrogen-bond donors (Lipinski definition) is 3. The number of carbonyl (C=O) groups excluding carboxylic acids is 2. The summed E-state index contributed by atoms with van der Waals surface area (Å²) in [7, 11) is 0. The molecular formula is C19H14ClN5O2S2. The average Bonchev–Trinajstić information content (AvgIpc) is 3.40. The van der Waals surface area contributed by atoms with Gasteiger partial charge in [0.05, 0.1) is 11.4 Å². The summed E-state index contributed by atoms with van der Waals surface area (Å²) in [5, 5.41) is 6.38. The number of amides is 2. The number of rotatable bonds is 5. The fourth-order valence-electron chi connectivity index (χ4n) is 2.65. The van der Waals surface area contributed by atoms with Crippen molar-refractivity contribution in [2.45, 2.75) is 6.92 Å². The number of aromatic nitrogens is 3. The molecule has 0 fully saturated rings. The summed E-state index contributed by atoms with van der Waals surface area (Å²) in [6, 6.07) is 8.96. The molecule has 3 aromatic heterocycles. The van der Waals surface area contributed by atoms with Gasteiger partial charge in [-0.05, 0) is 25.1 Å². The first kappa shape index (κ1) is 19.3. The predicted octanol–water partition coefficient (Wildman–Crippen LogP) is 4.57. The van der Waals surface area contributed by atoms with E-state index >= 15 is 0 Å². The number of aryl methyl sites for hydroxylation is 1. The van der Waals surface area contributed by atoms with Crippen LogP contribution in [-0.4, -0.2) is 26.8 Å². The molecule has 0 aliphatic rings. The number of H-pyrrole nitrogens is 1. The van der Waals surface area contributed by atoms with E-state index in [-0.39, 0.29) is 5.91 Å². The van der Waals surface area contributed by atoms with Gasteiger partial charge >= 0.3 is 0 Å². The third-order valence-electron chi connectivity index (χ3n) is 4.04. The van der Waals surface area contributed by atoms with E-state index in [1.165, 1.54) is 22.7 Å². The van der Waals surface area contributed by atoms with Crippen molar-refractivity contribution in [3.63, 3.8) is 0 Å². The summed E-state index contributed by atoms with van der Waals surface area (Å²) in [6.07, 6.45) is 1.64. The van der Waals surface area contributed by atoms with E-state index in [1.54, 1.807) is 30.6 Å². The minimum absolute atomic E-state index is 0.277. The normalized spacial score (nSPS) is 10.8. The maximum atomic E-state index is 12.7. The third kappa shape index (κ3) is 4.07. The Balaban J connectivity index is 1.53. The minimum Gasteiger partial charge on any atom is -0.364 e. The Morgan fingerprint density at radius 1 is 1.21 bits per heavy atom. The number of nitrogens with zero attached hydrogens (tertiary/aromatic N) is 2. The highest BCUT2D eigenvalue weighted by Crippen LogP contribution is 2.31. The summed E-state index contributed by atoms with van der Waals surface area (Å²) in [4.78, 5) is 36.1. The Morgan fingerprint density at radius 2 is 2.03 bits per heavy atom. The number of aromatic amines is 1. The van der Waals surface area contributed by atoms with Crippen LogP contribution in [0.2, 0.25) is 5.02 Å². The minimum atomic E-state index is -0.545. The number of carbonyl (C=O) groups is 2. The van der Waals surface area contributed by atoms with Crippen LogP contribution in [0.3, 0.4) is 0 Å². The van der Waals surface area contributed by atoms with Gasteiger partial charge in [0.15, 0.2) is 5.13 Å². The molecule has 0 bridgehead atoms. The maximum Gasteiger partial charge on any atom is 0.269 e. The Kier molecular flexibility index (Phi) is 5.18. The van der Waals surface area contributed by atoms with Crippen LogP contribution in [0, 0.1) is 6.92 Å². The SMILES string of the molecule is Cc1nc(-c2cccc(Cl)c2)sc1C(=O)Nc1nc(-c2c[nH]c(C(N)=O)c2)cs1. The van der Waals surface area contributed by atoms with Crippen molar-refractivity contribution in [1.29, 1.82) is 0 Å². The molecule has 2 amide bonds. The molecule has 0 atom stereocenters. The van der Waals surface area contributed by atoms with Crippen LogP contribution < -0.4 is 11.1 Å². The van der Waals surface area contributed by atoms with E-state index in [0.717, 1.165) is 10.6 Å². The molecule has 7 nitrogen and oxygen atoms in total. The van der Waals surface area contributed by atoms with E-state index < -0.39 is 5.91 Å². The molecule has 0 saturated heterocycles. The van der Waals surface area contributed by atoms with Gasteiger partial charge in [0.2, 0.25) is 0 Å². The molecule has 1 aromatic carbocycles. The molecule has 146 valence electrons. The second kappa shape index (κ2) is 7.78. The highest BCUT2D eigenvalue weighted by atomic mass is 35.5. The zero-order chi connectivity index (χ0) is 20.5. The summed E-state index contributed by atoms with van der Waals surface area (Å²) >= 11 is 8.63. The molecule has 10 heteroatoms. The van der Waals surface area contributed by atoms with Gasteiger partial charge < -0.3 is 10.7 Å². The Morgan fingerprint density at radius 3 is 2.76 bits per heavy atom. The first-order valence-electron chi connectivity index (χ1n) is 8.39. The number of nitrogens with one attached hydrogen (secondary N) is 2. The summed E-state index contributed by atoms with van der Waals surface area (Å²) in [5.41, 5.74) is 8.39. The van der Waals surface area contributed by atoms with Crippen LogP contribution in [0.25, 0.3) is 21.8 Å². The summed E-state index contributed by atoms with van der Waals surface area (Å²) in [5.74, 6) is -0.822. The molecule has 4 aromatic rings. The fourth-order valence-corrected chi connectivity index (χ4v) is 4.52. The molecular weight excluding hydrogens is 430 g/mol. The molecule has 4 N–H and O–H groups in total. The Labute approximate surface area is 178 Å². The van der Waals surface area contributed by atoms with E-state index in [4.69, 9.17) is 17.3 Å².